The van der Waals surface area contributed by atoms with E-state index < -0.39 is 34.8 Å². The van der Waals surface area contributed by atoms with Gasteiger partial charge in [0.15, 0.2) is 0 Å². The van der Waals surface area contributed by atoms with Crippen LogP contribution in [0.5, 0.6) is 5.75 Å². The van der Waals surface area contributed by atoms with Crippen LogP contribution in [-0.4, -0.2) is 24.1 Å². The van der Waals surface area contributed by atoms with Crippen molar-refractivity contribution < 1.29 is 28.2 Å². The fourth-order valence-electron chi connectivity index (χ4n) is 1.74. The number of amides is 1. The molecule has 0 radical (unpaired) electrons. The minimum Gasteiger partial charge on any atom is -0.506 e. The number of aromatic hydroxyl groups is 1. The van der Waals surface area contributed by atoms with E-state index in [2.05, 4.69) is 10.1 Å². The first-order valence-electron chi connectivity index (χ1n) is 6.10. The number of anilines is 1. The van der Waals surface area contributed by atoms with Crippen LogP contribution < -0.4 is 5.32 Å². The number of rotatable bonds is 3. The Balaban J connectivity index is 2.25. The van der Waals surface area contributed by atoms with Crippen LogP contribution in [0.2, 0.25) is 0 Å². The van der Waals surface area contributed by atoms with Crippen molar-refractivity contribution >= 4 is 17.6 Å². The largest absolute Gasteiger partial charge is 0.506 e. The molecule has 0 unspecified atom stereocenters. The van der Waals surface area contributed by atoms with Gasteiger partial charge in [0.25, 0.3) is 5.91 Å². The van der Waals surface area contributed by atoms with E-state index in [0.717, 1.165) is 24.3 Å². The number of methoxy groups -OCH3 is 1. The second kappa shape index (κ2) is 6.21. The molecule has 0 aromatic heterocycles. The van der Waals surface area contributed by atoms with Gasteiger partial charge in [0.05, 0.1) is 23.9 Å². The fraction of sp³-hybridized carbons (Fsp3) is 0.0667. The van der Waals surface area contributed by atoms with E-state index in [4.69, 9.17) is 0 Å². The van der Waals surface area contributed by atoms with Crippen molar-refractivity contribution in [3.05, 3.63) is 59.2 Å². The number of hydrogen-bond donors (Lipinski definition) is 2. The summed E-state index contributed by atoms with van der Waals surface area (Å²) in [5.41, 5.74) is -0.479. The number of hydrogen-bond acceptors (Lipinski definition) is 4. The van der Waals surface area contributed by atoms with Crippen LogP contribution >= 0.6 is 0 Å². The molecular weight excluding hydrogens is 296 g/mol. The van der Waals surface area contributed by atoms with E-state index in [1.807, 2.05) is 0 Å². The van der Waals surface area contributed by atoms with Crippen LogP contribution in [-0.2, 0) is 4.74 Å². The standard InChI is InChI=1S/C15H11F2NO4/c1-22-15(21)8-2-5-12(13(19)6-8)18-14(20)10-7-9(16)3-4-11(10)17/h2-7,19H,1H3,(H,18,20). The van der Waals surface area contributed by atoms with Crippen molar-refractivity contribution in [1.82, 2.24) is 0 Å². The van der Waals surface area contributed by atoms with E-state index in [1.165, 1.54) is 19.2 Å². The van der Waals surface area contributed by atoms with Gasteiger partial charge in [-0.15, -0.1) is 0 Å². The zero-order valence-electron chi connectivity index (χ0n) is 11.4. The zero-order chi connectivity index (χ0) is 16.3. The number of phenols is 1. The molecule has 2 rings (SSSR count). The molecule has 2 aromatic carbocycles. The van der Waals surface area contributed by atoms with Crippen LogP contribution in [0.25, 0.3) is 0 Å². The fourth-order valence-corrected chi connectivity index (χ4v) is 1.74. The molecule has 1 amide bonds. The van der Waals surface area contributed by atoms with Gasteiger partial charge < -0.3 is 15.2 Å². The first-order chi connectivity index (χ1) is 10.4. The molecule has 0 spiro atoms. The van der Waals surface area contributed by atoms with Crippen molar-refractivity contribution in [3.8, 4) is 5.75 Å². The van der Waals surface area contributed by atoms with Gasteiger partial charge in [-0.25, -0.2) is 13.6 Å². The smallest absolute Gasteiger partial charge is 0.337 e. The Morgan fingerprint density at radius 2 is 1.86 bits per heavy atom. The van der Waals surface area contributed by atoms with E-state index in [9.17, 15) is 23.5 Å². The number of nitrogens with one attached hydrogen (secondary N) is 1. The van der Waals surface area contributed by atoms with Crippen LogP contribution in [0.4, 0.5) is 14.5 Å². The molecule has 0 aliphatic carbocycles. The molecule has 2 N–H and O–H groups in total. The molecule has 114 valence electrons. The number of benzene rings is 2. The van der Waals surface area contributed by atoms with Gasteiger partial charge in [0.2, 0.25) is 0 Å². The molecule has 0 aliphatic rings. The highest BCUT2D eigenvalue weighted by Gasteiger charge is 2.16. The number of carbonyl (C=O) groups is 2. The number of ether oxygens (including phenoxy) is 1. The molecule has 0 bridgehead atoms. The Hall–Kier alpha value is -2.96. The third-order valence-corrected chi connectivity index (χ3v) is 2.84. The highest BCUT2D eigenvalue weighted by molar-refractivity contribution is 6.05. The second-order valence-electron chi connectivity index (χ2n) is 4.30. The molecule has 0 saturated carbocycles. The lowest BCUT2D eigenvalue weighted by Crippen LogP contribution is -2.14. The van der Waals surface area contributed by atoms with E-state index in [-0.39, 0.29) is 11.3 Å². The number of halogens is 2. The van der Waals surface area contributed by atoms with E-state index in [1.54, 1.807) is 0 Å². The highest BCUT2D eigenvalue weighted by atomic mass is 19.1. The lowest BCUT2D eigenvalue weighted by atomic mass is 10.1. The summed E-state index contributed by atoms with van der Waals surface area (Å²) in [6.07, 6.45) is 0. The summed E-state index contributed by atoms with van der Waals surface area (Å²) in [5.74, 6) is -3.67. The molecule has 7 heteroatoms. The van der Waals surface area contributed by atoms with Gasteiger partial charge in [-0.05, 0) is 36.4 Å². The van der Waals surface area contributed by atoms with Crippen molar-refractivity contribution in [2.45, 2.75) is 0 Å². The van der Waals surface area contributed by atoms with E-state index >= 15 is 0 Å². The Morgan fingerprint density at radius 3 is 2.50 bits per heavy atom. The Kier molecular flexibility index (Phi) is 4.36. The van der Waals surface area contributed by atoms with Crippen LogP contribution in [0.1, 0.15) is 20.7 Å². The summed E-state index contributed by atoms with van der Waals surface area (Å²) in [6.45, 7) is 0. The normalized spacial score (nSPS) is 10.1. The maximum absolute atomic E-state index is 13.5. The molecule has 0 heterocycles. The average molecular weight is 307 g/mol. The van der Waals surface area contributed by atoms with Gasteiger partial charge in [-0.1, -0.05) is 0 Å². The summed E-state index contributed by atoms with van der Waals surface area (Å²) in [4.78, 5) is 23.2. The van der Waals surface area contributed by atoms with Crippen molar-refractivity contribution in [3.63, 3.8) is 0 Å². The maximum atomic E-state index is 13.5. The van der Waals surface area contributed by atoms with Gasteiger partial charge >= 0.3 is 5.97 Å². The van der Waals surface area contributed by atoms with Gasteiger partial charge in [-0.2, -0.15) is 0 Å². The van der Waals surface area contributed by atoms with Crippen LogP contribution in [0, 0.1) is 11.6 Å². The quantitative estimate of drug-likeness (QED) is 0.675. The molecule has 0 atom stereocenters. The lowest BCUT2D eigenvalue weighted by Gasteiger charge is -2.09. The molecule has 0 fully saturated rings. The highest BCUT2D eigenvalue weighted by Crippen LogP contribution is 2.25. The SMILES string of the molecule is COC(=O)c1ccc(NC(=O)c2cc(F)ccc2F)c(O)c1. The van der Waals surface area contributed by atoms with Crippen LogP contribution in [0.15, 0.2) is 36.4 Å². The predicted octanol–water partition coefficient (Wildman–Crippen LogP) is 2.71. The number of carbonyl (C=O) groups excluding carboxylic acids is 2. The number of esters is 1. The minimum absolute atomic E-state index is 0.0543. The first kappa shape index (κ1) is 15.4. The van der Waals surface area contributed by atoms with Gasteiger partial charge in [0, 0.05) is 0 Å². The van der Waals surface area contributed by atoms with Gasteiger partial charge in [0.1, 0.15) is 17.4 Å². The molecule has 0 aliphatic heterocycles. The third kappa shape index (κ3) is 3.20. The first-order valence-corrected chi connectivity index (χ1v) is 6.10. The molecule has 5 nitrogen and oxygen atoms in total. The van der Waals surface area contributed by atoms with Crippen molar-refractivity contribution in [2.75, 3.05) is 12.4 Å². The monoisotopic (exact) mass is 307 g/mol. The van der Waals surface area contributed by atoms with Crippen LogP contribution in [0.3, 0.4) is 0 Å². The van der Waals surface area contributed by atoms with Crippen molar-refractivity contribution in [2.24, 2.45) is 0 Å². The molecule has 0 saturated heterocycles. The topological polar surface area (TPSA) is 75.6 Å². The molecular formula is C15H11F2NO4. The van der Waals surface area contributed by atoms with E-state index in [0.29, 0.717) is 0 Å². The number of phenolic OH excluding ortho intramolecular Hbond substituents is 1. The van der Waals surface area contributed by atoms with Crippen molar-refractivity contribution in [1.29, 1.82) is 0 Å². The lowest BCUT2D eigenvalue weighted by molar-refractivity contribution is 0.0600. The summed E-state index contributed by atoms with van der Waals surface area (Å²) in [7, 11) is 1.18. The molecule has 2 aromatic rings. The summed E-state index contributed by atoms with van der Waals surface area (Å²) >= 11 is 0. The minimum atomic E-state index is -0.932. The average Bonchev–Trinajstić information content (AvgIpc) is 2.50. The third-order valence-electron chi connectivity index (χ3n) is 2.84. The van der Waals surface area contributed by atoms with Gasteiger partial charge in [-0.3, -0.25) is 4.79 Å². The summed E-state index contributed by atoms with van der Waals surface area (Å²) in [6, 6.07) is 6.09. The maximum Gasteiger partial charge on any atom is 0.337 e. The zero-order valence-corrected chi connectivity index (χ0v) is 11.4. The molecule has 22 heavy (non-hydrogen) atoms. The Morgan fingerprint density at radius 1 is 1.14 bits per heavy atom. The Bertz CT molecular complexity index is 746. The second-order valence-corrected chi connectivity index (χ2v) is 4.30. The predicted molar refractivity (Wildman–Crippen MR) is 73.8 cm³/mol. The Labute approximate surface area is 124 Å². The summed E-state index contributed by atoms with van der Waals surface area (Å²) < 4.78 is 31.0. The summed E-state index contributed by atoms with van der Waals surface area (Å²) in [5, 5.41) is 12.0.